The van der Waals surface area contributed by atoms with E-state index in [2.05, 4.69) is 10.1 Å². The molecule has 0 radical (unpaired) electrons. The van der Waals surface area contributed by atoms with E-state index in [4.69, 9.17) is 11.6 Å². The summed E-state index contributed by atoms with van der Waals surface area (Å²) < 4.78 is 14.8. The summed E-state index contributed by atoms with van der Waals surface area (Å²) in [6.07, 6.45) is 3.21. The van der Waals surface area contributed by atoms with Gasteiger partial charge in [0.15, 0.2) is 5.78 Å². The van der Waals surface area contributed by atoms with Crippen molar-refractivity contribution in [3.05, 3.63) is 46.3 Å². The van der Waals surface area contributed by atoms with Gasteiger partial charge in [0.05, 0.1) is 29.0 Å². The molecule has 0 aliphatic heterocycles. The summed E-state index contributed by atoms with van der Waals surface area (Å²) >= 11 is 6.25. The zero-order valence-electron chi connectivity index (χ0n) is 11.4. The highest BCUT2D eigenvalue weighted by atomic mass is 35.5. The highest BCUT2D eigenvalue weighted by Crippen LogP contribution is 2.23. The topological polar surface area (TPSA) is 47.8 Å². The largest absolute Gasteiger partial charge is 0.294 e. The third-order valence-electron chi connectivity index (χ3n) is 3.05. The molecule has 2 aromatic heterocycles. The van der Waals surface area contributed by atoms with Crippen molar-refractivity contribution >= 4 is 17.4 Å². The minimum Gasteiger partial charge on any atom is -0.294 e. The maximum atomic E-state index is 13.1. The number of carbonyl (C=O) groups excluding carboxylic acids is 1. The van der Waals surface area contributed by atoms with Crippen LogP contribution in [0.4, 0.5) is 4.39 Å². The van der Waals surface area contributed by atoms with Gasteiger partial charge in [-0.05, 0) is 19.4 Å². The van der Waals surface area contributed by atoms with Crippen molar-refractivity contribution in [3.63, 3.8) is 0 Å². The molecule has 0 saturated carbocycles. The molecule has 0 N–H and O–H groups in total. The van der Waals surface area contributed by atoms with E-state index < -0.39 is 5.82 Å². The Hall–Kier alpha value is -1.75. The normalized spacial score (nSPS) is 10.8. The lowest BCUT2D eigenvalue weighted by molar-refractivity contribution is 0.0989. The molecule has 2 rings (SSSR count). The van der Waals surface area contributed by atoms with Crippen LogP contribution in [-0.4, -0.2) is 20.5 Å². The number of pyridine rings is 1. The van der Waals surface area contributed by atoms with Gasteiger partial charge in [-0.15, -0.1) is 0 Å². The van der Waals surface area contributed by atoms with Crippen LogP contribution in [0.15, 0.2) is 18.5 Å². The van der Waals surface area contributed by atoms with E-state index in [1.165, 1.54) is 12.3 Å². The number of hydrogen-bond donors (Lipinski definition) is 0. The minimum atomic E-state index is -0.528. The zero-order valence-corrected chi connectivity index (χ0v) is 12.1. The molecule has 0 aromatic carbocycles. The Balaban J connectivity index is 2.30. The van der Waals surface area contributed by atoms with Crippen LogP contribution in [0.1, 0.15) is 35.6 Å². The van der Waals surface area contributed by atoms with Crippen molar-refractivity contribution in [1.82, 2.24) is 14.8 Å². The van der Waals surface area contributed by atoms with E-state index in [9.17, 15) is 9.18 Å². The molecule has 2 aromatic rings. The van der Waals surface area contributed by atoms with Crippen molar-refractivity contribution in [2.45, 2.75) is 33.2 Å². The first-order valence-corrected chi connectivity index (χ1v) is 6.82. The van der Waals surface area contributed by atoms with Crippen molar-refractivity contribution in [2.24, 2.45) is 0 Å². The number of ketones is 1. The van der Waals surface area contributed by atoms with Crippen LogP contribution in [-0.2, 0) is 19.4 Å². The van der Waals surface area contributed by atoms with Crippen molar-refractivity contribution < 1.29 is 9.18 Å². The van der Waals surface area contributed by atoms with Gasteiger partial charge >= 0.3 is 0 Å². The lowest BCUT2D eigenvalue weighted by Crippen LogP contribution is -2.10. The van der Waals surface area contributed by atoms with E-state index in [1.54, 1.807) is 4.68 Å². The number of rotatable bonds is 5. The van der Waals surface area contributed by atoms with Crippen LogP contribution in [0.5, 0.6) is 0 Å². The fraction of sp³-hybridized carbons (Fsp3) is 0.357. The predicted octanol–water partition coefficient (Wildman–Crippen LogP) is 3.08. The first-order valence-electron chi connectivity index (χ1n) is 6.44. The summed E-state index contributed by atoms with van der Waals surface area (Å²) in [5.41, 5.74) is 1.68. The van der Waals surface area contributed by atoms with Gasteiger partial charge in [-0.3, -0.25) is 14.5 Å². The molecular weight excluding hydrogens is 281 g/mol. The lowest BCUT2D eigenvalue weighted by Gasteiger charge is -2.05. The molecule has 6 heteroatoms. The summed E-state index contributed by atoms with van der Waals surface area (Å²) in [7, 11) is 0. The molecule has 0 amide bonds. The van der Waals surface area contributed by atoms with E-state index in [0.717, 1.165) is 11.9 Å². The Kier molecular flexibility index (Phi) is 4.49. The number of aryl methyl sites for hydroxylation is 2. The van der Waals surface area contributed by atoms with Gasteiger partial charge in [0.25, 0.3) is 0 Å². The molecule has 0 fully saturated rings. The molecule has 0 bridgehead atoms. The van der Waals surface area contributed by atoms with Crippen LogP contribution >= 0.6 is 11.6 Å². The van der Waals surface area contributed by atoms with Gasteiger partial charge in [-0.25, -0.2) is 4.39 Å². The van der Waals surface area contributed by atoms with Crippen molar-refractivity contribution in [1.29, 1.82) is 0 Å². The lowest BCUT2D eigenvalue weighted by atomic mass is 10.1. The van der Waals surface area contributed by atoms with Crippen LogP contribution in [0.2, 0.25) is 5.02 Å². The average Bonchev–Trinajstić information content (AvgIpc) is 2.75. The number of hydrogen-bond acceptors (Lipinski definition) is 3. The van der Waals surface area contributed by atoms with Gasteiger partial charge < -0.3 is 0 Å². The number of carbonyl (C=O) groups is 1. The molecule has 0 unspecified atom stereocenters. The smallest absolute Gasteiger partial charge is 0.170 e. The summed E-state index contributed by atoms with van der Waals surface area (Å²) in [5, 5.41) is 4.87. The quantitative estimate of drug-likeness (QED) is 0.797. The fourth-order valence-corrected chi connectivity index (χ4v) is 2.34. The fourth-order valence-electron chi connectivity index (χ4n) is 2.00. The molecule has 0 aliphatic carbocycles. The van der Waals surface area contributed by atoms with Crippen LogP contribution in [0.25, 0.3) is 0 Å². The number of Topliss-reactive ketones (excluding diaryl/α,β-unsaturated/α-hetero) is 1. The Morgan fingerprint density at radius 3 is 2.75 bits per heavy atom. The van der Waals surface area contributed by atoms with Crippen LogP contribution < -0.4 is 0 Å². The third-order valence-corrected chi connectivity index (χ3v) is 3.49. The monoisotopic (exact) mass is 295 g/mol. The SMILES string of the molecule is CCc1nn(CC)c(CC(=O)c2cncc(F)c2)c1Cl. The minimum absolute atomic E-state index is 0.0881. The Morgan fingerprint density at radius 1 is 1.40 bits per heavy atom. The van der Waals surface area contributed by atoms with E-state index in [0.29, 0.717) is 23.7 Å². The average molecular weight is 296 g/mol. The zero-order chi connectivity index (χ0) is 14.7. The molecule has 4 nitrogen and oxygen atoms in total. The Morgan fingerprint density at radius 2 is 2.15 bits per heavy atom. The van der Waals surface area contributed by atoms with E-state index in [-0.39, 0.29) is 17.8 Å². The maximum absolute atomic E-state index is 13.1. The molecule has 0 spiro atoms. The van der Waals surface area contributed by atoms with Gasteiger partial charge in [-0.2, -0.15) is 5.10 Å². The first kappa shape index (κ1) is 14.7. The second-order valence-electron chi connectivity index (χ2n) is 4.37. The Bertz CT molecular complexity index is 639. The van der Waals surface area contributed by atoms with Gasteiger partial charge in [0.2, 0.25) is 0 Å². The second kappa shape index (κ2) is 6.13. The van der Waals surface area contributed by atoms with Gasteiger partial charge in [0, 0.05) is 18.3 Å². The molecular formula is C14H15ClFN3O. The molecule has 20 heavy (non-hydrogen) atoms. The molecule has 0 aliphatic rings. The summed E-state index contributed by atoms with van der Waals surface area (Å²) in [5.74, 6) is -0.753. The highest BCUT2D eigenvalue weighted by Gasteiger charge is 2.18. The standard InChI is InChI=1S/C14H15ClFN3O/c1-3-11-14(15)12(19(4-2)18-11)6-13(20)9-5-10(16)8-17-7-9/h5,7-8H,3-4,6H2,1-2H3. The number of nitrogens with zero attached hydrogens (tertiary/aromatic N) is 3. The predicted molar refractivity (Wildman–Crippen MR) is 74.5 cm³/mol. The van der Waals surface area contributed by atoms with Crippen LogP contribution in [0, 0.1) is 5.82 Å². The van der Waals surface area contributed by atoms with Crippen molar-refractivity contribution in [3.8, 4) is 0 Å². The maximum Gasteiger partial charge on any atom is 0.170 e. The Labute approximate surface area is 121 Å². The van der Waals surface area contributed by atoms with Crippen LogP contribution in [0.3, 0.4) is 0 Å². The summed E-state index contributed by atoms with van der Waals surface area (Å²) in [4.78, 5) is 15.9. The summed E-state index contributed by atoms with van der Waals surface area (Å²) in [6.45, 7) is 4.51. The number of aromatic nitrogens is 3. The molecule has 2 heterocycles. The van der Waals surface area contributed by atoms with Crippen molar-refractivity contribution in [2.75, 3.05) is 0 Å². The van der Waals surface area contributed by atoms with E-state index in [1.807, 2.05) is 13.8 Å². The summed E-state index contributed by atoms with van der Waals surface area (Å²) in [6, 6.07) is 1.18. The molecule has 0 saturated heterocycles. The molecule has 106 valence electrons. The molecule has 0 atom stereocenters. The second-order valence-corrected chi connectivity index (χ2v) is 4.75. The third kappa shape index (κ3) is 2.88. The first-order chi connectivity index (χ1) is 9.56. The van der Waals surface area contributed by atoms with Gasteiger partial charge in [-0.1, -0.05) is 18.5 Å². The highest BCUT2D eigenvalue weighted by molar-refractivity contribution is 6.32. The number of halogens is 2. The van der Waals surface area contributed by atoms with E-state index >= 15 is 0 Å². The van der Waals surface area contributed by atoms with Gasteiger partial charge in [0.1, 0.15) is 5.82 Å².